The predicted molar refractivity (Wildman–Crippen MR) is 121 cm³/mol. The molecule has 0 amide bonds. The predicted octanol–water partition coefficient (Wildman–Crippen LogP) is 5.29. The van der Waals surface area contributed by atoms with Gasteiger partial charge in [0.15, 0.2) is 0 Å². The minimum atomic E-state index is -0.418. The molecule has 2 aliphatic rings. The van der Waals surface area contributed by atoms with Gasteiger partial charge < -0.3 is 4.57 Å². The first-order valence-corrected chi connectivity index (χ1v) is 10.4. The molecular formula is C26H21F2N3O. The lowest BCUT2D eigenvalue weighted by molar-refractivity contribution is 0.601. The van der Waals surface area contributed by atoms with Crippen LogP contribution in [-0.2, 0) is 13.1 Å². The Bertz CT molecular complexity index is 1500. The summed E-state index contributed by atoms with van der Waals surface area (Å²) in [6.45, 7) is 4.56. The SMILES string of the molecule is Cc1ccc(Cn2nc3c4cc(F)ccc4n(Cc4ccccc4F)cc-3c2=O)c(C)c1. The van der Waals surface area contributed by atoms with Gasteiger partial charge in [-0.25, -0.2) is 13.5 Å². The van der Waals surface area contributed by atoms with Gasteiger partial charge in [0.2, 0.25) is 0 Å². The molecule has 160 valence electrons. The van der Waals surface area contributed by atoms with E-state index in [0.29, 0.717) is 34.3 Å². The number of pyridine rings is 1. The highest BCUT2D eigenvalue weighted by Crippen LogP contribution is 2.29. The molecule has 4 nitrogen and oxygen atoms in total. The average Bonchev–Trinajstić information content (AvgIpc) is 3.07. The van der Waals surface area contributed by atoms with Crippen molar-refractivity contribution < 1.29 is 8.78 Å². The number of halogens is 2. The van der Waals surface area contributed by atoms with Gasteiger partial charge in [-0.05, 0) is 49.2 Å². The van der Waals surface area contributed by atoms with Crippen molar-refractivity contribution in [1.29, 1.82) is 0 Å². The lowest BCUT2D eigenvalue weighted by Gasteiger charge is -2.14. The molecule has 6 heteroatoms. The van der Waals surface area contributed by atoms with E-state index in [4.69, 9.17) is 0 Å². The van der Waals surface area contributed by atoms with Gasteiger partial charge in [-0.2, -0.15) is 5.10 Å². The van der Waals surface area contributed by atoms with Gasteiger partial charge in [-0.3, -0.25) is 4.79 Å². The van der Waals surface area contributed by atoms with E-state index < -0.39 is 5.82 Å². The molecule has 0 saturated carbocycles. The van der Waals surface area contributed by atoms with Crippen molar-refractivity contribution in [3.8, 4) is 11.3 Å². The minimum Gasteiger partial charge on any atom is -0.342 e. The Labute approximate surface area is 183 Å². The fraction of sp³-hybridized carbons (Fsp3) is 0.154. The highest BCUT2D eigenvalue weighted by atomic mass is 19.1. The maximum atomic E-state index is 14.3. The molecule has 0 unspecified atom stereocenters. The van der Waals surface area contributed by atoms with E-state index in [-0.39, 0.29) is 17.9 Å². The lowest BCUT2D eigenvalue weighted by atomic mass is 10.1. The number of aryl methyl sites for hydroxylation is 2. The second-order valence-electron chi connectivity index (χ2n) is 8.16. The van der Waals surface area contributed by atoms with Crippen molar-refractivity contribution >= 4 is 10.9 Å². The summed E-state index contributed by atoms with van der Waals surface area (Å²) in [5, 5.41) is 5.08. The molecule has 0 fully saturated rings. The van der Waals surface area contributed by atoms with Crippen LogP contribution in [0.25, 0.3) is 22.2 Å². The normalized spacial score (nSPS) is 11.5. The second kappa shape index (κ2) is 7.71. The summed E-state index contributed by atoms with van der Waals surface area (Å²) >= 11 is 0. The Balaban J connectivity index is 1.69. The van der Waals surface area contributed by atoms with E-state index in [0.717, 1.165) is 16.7 Å². The zero-order valence-electron chi connectivity index (χ0n) is 17.8. The molecular weight excluding hydrogens is 408 g/mol. The van der Waals surface area contributed by atoms with Crippen LogP contribution >= 0.6 is 0 Å². The number of hydrogen-bond donors (Lipinski definition) is 0. The van der Waals surface area contributed by atoms with Crippen molar-refractivity contribution in [1.82, 2.24) is 14.3 Å². The summed E-state index contributed by atoms with van der Waals surface area (Å²) in [5.41, 5.74) is 4.95. The van der Waals surface area contributed by atoms with Crippen LogP contribution in [0, 0.1) is 25.5 Å². The first-order chi connectivity index (χ1) is 15.4. The van der Waals surface area contributed by atoms with Crippen LogP contribution in [0.3, 0.4) is 0 Å². The summed E-state index contributed by atoms with van der Waals surface area (Å²) in [7, 11) is 0. The number of aromatic nitrogens is 3. The smallest absolute Gasteiger partial charge is 0.278 e. The molecule has 32 heavy (non-hydrogen) atoms. The van der Waals surface area contributed by atoms with E-state index >= 15 is 0 Å². The van der Waals surface area contributed by atoms with E-state index in [9.17, 15) is 13.6 Å². The van der Waals surface area contributed by atoms with Crippen LogP contribution in [0.1, 0.15) is 22.3 Å². The van der Waals surface area contributed by atoms with Crippen molar-refractivity contribution in [2.24, 2.45) is 0 Å². The average molecular weight is 429 g/mol. The van der Waals surface area contributed by atoms with E-state index in [1.54, 1.807) is 35.0 Å². The van der Waals surface area contributed by atoms with Gasteiger partial charge in [-0.15, -0.1) is 0 Å². The third-order valence-electron chi connectivity index (χ3n) is 5.87. The topological polar surface area (TPSA) is 39.8 Å². The second-order valence-corrected chi connectivity index (χ2v) is 8.16. The number of fused-ring (bicyclic) bond motifs is 3. The zero-order chi connectivity index (χ0) is 22.4. The standard InChI is InChI=1S/C26H21F2N3O/c1-16-7-8-18(17(2)11-16)14-31-26(32)22-15-30(13-19-5-3-4-6-23(19)28)24-10-9-20(27)12-21(24)25(22)29-31/h3-12,15H,13-14H2,1-2H3. The minimum absolute atomic E-state index is 0.215. The molecule has 0 aliphatic carbocycles. The van der Waals surface area contributed by atoms with Crippen molar-refractivity contribution in [2.45, 2.75) is 26.9 Å². The third-order valence-corrected chi connectivity index (χ3v) is 5.87. The molecule has 2 heterocycles. The van der Waals surface area contributed by atoms with Crippen molar-refractivity contribution in [3.05, 3.63) is 111 Å². The third kappa shape index (κ3) is 3.47. The van der Waals surface area contributed by atoms with Gasteiger partial charge in [0.1, 0.15) is 17.3 Å². The molecule has 0 aromatic heterocycles. The number of rotatable bonds is 4. The van der Waals surface area contributed by atoms with E-state index in [1.165, 1.54) is 22.9 Å². The monoisotopic (exact) mass is 429 g/mol. The quantitative estimate of drug-likeness (QED) is 0.389. The molecule has 0 saturated heterocycles. The number of benzene rings is 3. The van der Waals surface area contributed by atoms with Gasteiger partial charge >= 0.3 is 0 Å². The van der Waals surface area contributed by atoms with Crippen LogP contribution in [0.4, 0.5) is 8.78 Å². The van der Waals surface area contributed by atoms with Crippen LogP contribution in [0.2, 0.25) is 0 Å². The van der Waals surface area contributed by atoms with Crippen molar-refractivity contribution in [3.63, 3.8) is 0 Å². The maximum Gasteiger partial charge on any atom is 0.278 e. The lowest BCUT2D eigenvalue weighted by Crippen LogP contribution is -2.18. The molecule has 0 atom stereocenters. The fourth-order valence-electron chi connectivity index (χ4n) is 4.18. The van der Waals surface area contributed by atoms with Crippen LogP contribution in [0.5, 0.6) is 0 Å². The molecule has 0 radical (unpaired) electrons. The maximum absolute atomic E-state index is 14.3. The van der Waals surface area contributed by atoms with Gasteiger partial charge in [-0.1, -0.05) is 42.0 Å². The summed E-state index contributed by atoms with van der Waals surface area (Å²) in [4.78, 5) is 13.2. The summed E-state index contributed by atoms with van der Waals surface area (Å²) < 4.78 is 31.6. The Kier molecular flexibility index (Phi) is 4.85. The molecule has 3 aromatic rings. The Morgan fingerprint density at radius 1 is 0.906 bits per heavy atom. The highest BCUT2D eigenvalue weighted by Gasteiger charge is 2.21. The van der Waals surface area contributed by atoms with E-state index in [1.807, 2.05) is 26.0 Å². The first-order valence-electron chi connectivity index (χ1n) is 10.4. The molecule has 5 rings (SSSR count). The van der Waals surface area contributed by atoms with Crippen molar-refractivity contribution in [2.75, 3.05) is 0 Å². The Hall–Kier alpha value is -3.80. The summed E-state index contributed by atoms with van der Waals surface area (Å²) in [6, 6.07) is 16.9. The van der Waals surface area contributed by atoms with Crippen LogP contribution < -0.4 is 5.56 Å². The number of hydrogen-bond acceptors (Lipinski definition) is 2. The molecule has 2 aliphatic heterocycles. The number of nitrogens with zero attached hydrogens (tertiary/aromatic N) is 3. The van der Waals surface area contributed by atoms with Gasteiger partial charge in [0.05, 0.1) is 24.2 Å². The van der Waals surface area contributed by atoms with Gasteiger partial charge in [0.25, 0.3) is 5.56 Å². The van der Waals surface area contributed by atoms with E-state index in [2.05, 4.69) is 11.2 Å². The molecule has 0 N–H and O–H groups in total. The largest absolute Gasteiger partial charge is 0.342 e. The zero-order valence-corrected chi connectivity index (χ0v) is 17.8. The first kappa shape index (κ1) is 20.1. The molecule has 0 spiro atoms. The highest BCUT2D eigenvalue weighted by molar-refractivity contribution is 5.93. The Morgan fingerprint density at radius 3 is 2.50 bits per heavy atom. The Morgan fingerprint density at radius 2 is 1.72 bits per heavy atom. The molecule has 3 aromatic carbocycles. The summed E-state index contributed by atoms with van der Waals surface area (Å²) in [5.74, 6) is -0.748. The summed E-state index contributed by atoms with van der Waals surface area (Å²) in [6.07, 6.45) is 1.69. The van der Waals surface area contributed by atoms with Crippen LogP contribution in [-0.4, -0.2) is 14.3 Å². The fourth-order valence-corrected chi connectivity index (χ4v) is 4.18. The van der Waals surface area contributed by atoms with Crippen LogP contribution in [0.15, 0.2) is 71.7 Å². The molecule has 0 bridgehead atoms. The van der Waals surface area contributed by atoms with Gasteiger partial charge in [0, 0.05) is 17.1 Å².